The summed E-state index contributed by atoms with van der Waals surface area (Å²) in [6, 6.07) is 10.5. The number of phenolic OH excluding ortho intramolecular Hbond substituents is 1. The summed E-state index contributed by atoms with van der Waals surface area (Å²) in [4.78, 5) is 16.7. The average Bonchev–Trinajstić information content (AvgIpc) is 3.23. The summed E-state index contributed by atoms with van der Waals surface area (Å²) in [6.45, 7) is 4.39. The molecule has 0 radical (unpaired) electrons. The number of aliphatic hydroxyl groups excluding tert-OH is 1. The van der Waals surface area contributed by atoms with Gasteiger partial charge in [-0.2, -0.15) is 0 Å². The van der Waals surface area contributed by atoms with Gasteiger partial charge in [0.15, 0.2) is 17.2 Å². The van der Waals surface area contributed by atoms with E-state index in [0.29, 0.717) is 29.1 Å². The number of benzene rings is 2. The largest absolute Gasteiger partial charge is 0.508 e. The molecule has 10 heteroatoms. The van der Waals surface area contributed by atoms with Crippen LogP contribution in [0.15, 0.2) is 48.7 Å². The quantitative estimate of drug-likeness (QED) is 0.314. The van der Waals surface area contributed by atoms with Crippen LogP contribution >= 0.6 is 0 Å². The number of hydrogen-bond donors (Lipinski definition) is 4. The number of phenols is 1. The highest BCUT2D eigenvalue weighted by Crippen LogP contribution is 2.31. The van der Waals surface area contributed by atoms with Crippen LogP contribution in [-0.2, 0) is 0 Å². The minimum atomic E-state index is -0.741. The van der Waals surface area contributed by atoms with Crippen molar-refractivity contribution in [1.82, 2.24) is 19.9 Å². The Morgan fingerprint density at radius 3 is 2.74 bits per heavy atom. The second-order valence-corrected chi connectivity index (χ2v) is 7.53. The summed E-state index contributed by atoms with van der Waals surface area (Å²) in [5, 5.41) is 29.0. The zero-order valence-corrected chi connectivity index (χ0v) is 18.7. The molecule has 0 saturated heterocycles. The van der Waals surface area contributed by atoms with Crippen LogP contribution in [0.3, 0.4) is 0 Å². The van der Waals surface area contributed by atoms with Gasteiger partial charge >= 0.3 is 0 Å². The highest BCUT2D eigenvalue weighted by molar-refractivity contribution is 5.96. The Morgan fingerprint density at radius 1 is 1.21 bits per heavy atom. The number of halogens is 1. The second kappa shape index (κ2) is 9.75. The van der Waals surface area contributed by atoms with E-state index >= 15 is 0 Å². The molecule has 0 saturated carbocycles. The second-order valence-electron chi connectivity index (χ2n) is 7.53. The number of aliphatic hydroxyl groups is 1. The molecule has 4 aromatic rings. The van der Waals surface area contributed by atoms with Gasteiger partial charge in [-0.3, -0.25) is 4.79 Å². The SMILES string of the molecule is CCNC(=O)c1ccc(-c2cnc3c(NCCO)cc(Oc4ccc(O)cc4F)nn23)cc1C. The molecule has 9 nitrogen and oxygen atoms in total. The van der Waals surface area contributed by atoms with Crippen molar-refractivity contribution < 1.29 is 24.1 Å². The molecule has 0 fully saturated rings. The van der Waals surface area contributed by atoms with Gasteiger partial charge in [0.1, 0.15) is 5.75 Å². The number of ether oxygens (including phenoxy) is 1. The molecule has 176 valence electrons. The topological polar surface area (TPSA) is 121 Å². The first kappa shape index (κ1) is 23.0. The Bertz CT molecular complexity index is 1350. The van der Waals surface area contributed by atoms with E-state index in [1.165, 1.54) is 12.1 Å². The molecule has 0 aliphatic heterocycles. The maximum absolute atomic E-state index is 14.2. The molecule has 34 heavy (non-hydrogen) atoms. The van der Waals surface area contributed by atoms with Gasteiger partial charge in [0.05, 0.1) is 24.2 Å². The molecule has 1 amide bonds. The maximum atomic E-state index is 14.2. The highest BCUT2D eigenvalue weighted by atomic mass is 19.1. The number of aromatic nitrogens is 3. The number of nitrogens with zero attached hydrogens (tertiary/aromatic N) is 3. The summed E-state index contributed by atoms with van der Waals surface area (Å²) in [7, 11) is 0. The van der Waals surface area contributed by atoms with Crippen molar-refractivity contribution in [2.75, 3.05) is 25.0 Å². The molecule has 4 rings (SSSR count). The first-order chi connectivity index (χ1) is 16.4. The summed E-state index contributed by atoms with van der Waals surface area (Å²) < 4.78 is 21.4. The van der Waals surface area contributed by atoms with E-state index in [1.807, 2.05) is 19.9 Å². The van der Waals surface area contributed by atoms with Crippen molar-refractivity contribution in [2.45, 2.75) is 13.8 Å². The van der Waals surface area contributed by atoms with Gasteiger partial charge in [0, 0.05) is 36.3 Å². The van der Waals surface area contributed by atoms with Gasteiger partial charge in [-0.1, -0.05) is 6.07 Å². The summed E-state index contributed by atoms with van der Waals surface area (Å²) >= 11 is 0. The Kier molecular flexibility index (Phi) is 6.60. The molecule has 4 N–H and O–H groups in total. The fourth-order valence-corrected chi connectivity index (χ4v) is 3.53. The number of carbonyl (C=O) groups excluding carboxylic acids is 1. The van der Waals surface area contributed by atoms with E-state index in [-0.39, 0.29) is 36.4 Å². The Labute approximate surface area is 194 Å². The van der Waals surface area contributed by atoms with Crippen LogP contribution in [0.2, 0.25) is 0 Å². The smallest absolute Gasteiger partial charge is 0.251 e. The van der Waals surface area contributed by atoms with Crippen molar-refractivity contribution in [1.29, 1.82) is 0 Å². The monoisotopic (exact) mass is 465 g/mol. The molecule has 0 atom stereocenters. The number of rotatable bonds is 8. The highest BCUT2D eigenvalue weighted by Gasteiger charge is 2.17. The van der Waals surface area contributed by atoms with Gasteiger partial charge in [0.25, 0.3) is 5.91 Å². The number of carbonyl (C=O) groups is 1. The number of nitrogens with one attached hydrogen (secondary N) is 2. The Morgan fingerprint density at radius 2 is 2.03 bits per heavy atom. The van der Waals surface area contributed by atoms with Crippen LogP contribution < -0.4 is 15.4 Å². The van der Waals surface area contributed by atoms with E-state index in [4.69, 9.17) is 4.74 Å². The molecule has 0 aliphatic rings. The molecule has 2 heterocycles. The fraction of sp³-hybridized carbons (Fsp3) is 0.208. The third-order valence-electron chi connectivity index (χ3n) is 5.11. The van der Waals surface area contributed by atoms with Crippen molar-refractivity contribution in [2.24, 2.45) is 0 Å². The van der Waals surface area contributed by atoms with Crippen molar-refractivity contribution in [3.63, 3.8) is 0 Å². The minimum Gasteiger partial charge on any atom is -0.508 e. The predicted molar refractivity (Wildman–Crippen MR) is 125 cm³/mol. The summed E-state index contributed by atoms with van der Waals surface area (Å²) in [5.41, 5.74) is 3.77. The van der Waals surface area contributed by atoms with Gasteiger partial charge in [-0.05, 0) is 43.7 Å². The van der Waals surface area contributed by atoms with Crippen LogP contribution in [0, 0.1) is 12.7 Å². The first-order valence-corrected chi connectivity index (χ1v) is 10.7. The summed E-state index contributed by atoms with van der Waals surface area (Å²) in [5.74, 6) is -1.14. The molecule has 0 aliphatic carbocycles. The van der Waals surface area contributed by atoms with Crippen LogP contribution in [-0.4, -0.2) is 50.4 Å². The fourth-order valence-electron chi connectivity index (χ4n) is 3.53. The average molecular weight is 465 g/mol. The predicted octanol–water partition coefficient (Wildman–Crippen LogP) is 3.50. The molecular formula is C24H24FN5O4. The molecule has 0 spiro atoms. The molecule has 0 unspecified atom stereocenters. The molecule has 0 bridgehead atoms. The van der Waals surface area contributed by atoms with Crippen LogP contribution in [0.5, 0.6) is 17.4 Å². The van der Waals surface area contributed by atoms with Gasteiger partial charge in [-0.15, -0.1) is 5.10 Å². The number of anilines is 1. The number of aromatic hydroxyl groups is 1. The van der Waals surface area contributed by atoms with E-state index in [2.05, 4.69) is 20.7 Å². The van der Waals surface area contributed by atoms with Crippen LogP contribution in [0.25, 0.3) is 16.9 Å². The minimum absolute atomic E-state index is 0.0763. The van der Waals surface area contributed by atoms with E-state index < -0.39 is 5.82 Å². The maximum Gasteiger partial charge on any atom is 0.251 e. The number of amides is 1. The summed E-state index contributed by atoms with van der Waals surface area (Å²) in [6.07, 6.45) is 1.64. The third kappa shape index (κ3) is 4.62. The lowest BCUT2D eigenvalue weighted by Gasteiger charge is -2.12. The standard InChI is InChI=1S/C24H24FN5O4/c1-3-26-24(33)17-6-4-15(10-14(17)2)20-13-28-23-19(27-8-9-31)12-22(29-30(20)23)34-21-7-5-16(32)11-18(21)25/h4-7,10-13,27,31-32H,3,8-9H2,1-2H3,(H,26,33). The van der Waals surface area contributed by atoms with E-state index in [1.54, 1.807) is 28.9 Å². The van der Waals surface area contributed by atoms with Crippen molar-refractivity contribution in [3.8, 4) is 28.6 Å². The first-order valence-electron chi connectivity index (χ1n) is 10.7. The molecule has 2 aromatic carbocycles. The van der Waals surface area contributed by atoms with E-state index in [0.717, 1.165) is 17.2 Å². The van der Waals surface area contributed by atoms with E-state index in [9.17, 15) is 19.4 Å². The van der Waals surface area contributed by atoms with Gasteiger partial charge < -0.3 is 25.6 Å². The molecular weight excluding hydrogens is 441 g/mol. The van der Waals surface area contributed by atoms with Crippen molar-refractivity contribution >= 4 is 17.2 Å². The zero-order chi connectivity index (χ0) is 24.2. The lowest BCUT2D eigenvalue weighted by molar-refractivity contribution is 0.0955. The lowest BCUT2D eigenvalue weighted by Crippen LogP contribution is -2.23. The van der Waals surface area contributed by atoms with Gasteiger partial charge in [0.2, 0.25) is 5.88 Å². The van der Waals surface area contributed by atoms with Crippen LogP contribution in [0.4, 0.5) is 10.1 Å². The number of aryl methyl sites for hydroxylation is 1. The number of fused-ring (bicyclic) bond motifs is 1. The van der Waals surface area contributed by atoms with Crippen LogP contribution in [0.1, 0.15) is 22.8 Å². The van der Waals surface area contributed by atoms with Crippen molar-refractivity contribution in [3.05, 3.63) is 65.6 Å². The Balaban J connectivity index is 1.78. The molecule has 2 aromatic heterocycles. The third-order valence-corrected chi connectivity index (χ3v) is 5.11. The lowest BCUT2D eigenvalue weighted by atomic mass is 10.0. The number of hydrogen-bond acceptors (Lipinski definition) is 7. The van der Waals surface area contributed by atoms with Gasteiger partial charge in [-0.25, -0.2) is 13.9 Å². The zero-order valence-electron chi connectivity index (χ0n) is 18.7. The number of imidazole rings is 1. The Hall–Kier alpha value is -4.18. The normalized spacial score (nSPS) is 10.9.